The van der Waals surface area contributed by atoms with Gasteiger partial charge in [-0.2, -0.15) is 18.2 Å². The van der Waals surface area contributed by atoms with Crippen LogP contribution < -0.4 is 0 Å². The number of nitrogens with zero attached hydrogens (tertiary/aromatic N) is 3. The zero-order valence-corrected chi connectivity index (χ0v) is 13.7. The van der Waals surface area contributed by atoms with Gasteiger partial charge in [0.05, 0.1) is 23.3 Å². The second-order valence-electron chi connectivity index (χ2n) is 5.28. The lowest BCUT2D eigenvalue weighted by molar-refractivity contribution is -0.188. The fourth-order valence-electron chi connectivity index (χ4n) is 2.61. The average Bonchev–Trinajstić information content (AvgIpc) is 3.17. The SMILES string of the molecule is Cl.O=C(O)[C@@H]1CN(Cc2nc(-c3cccs3)no2)C[C@H]1C(F)(F)F. The first-order valence-corrected chi connectivity index (χ1v) is 7.61. The van der Waals surface area contributed by atoms with Crippen LogP contribution in [0.5, 0.6) is 0 Å². The van der Waals surface area contributed by atoms with Gasteiger partial charge in [0.2, 0.25) is 11.7 Å². The summed E-state index contributed by atoms with van der Waals surface area (Å²) in [5, 5.41) is 14.6. The number of halogens is 4. The van der Waals surface area contributed by atoms with Crippen LogP contribution in [0.15, 0.2) is 22.0 Å². The molecule has 1 N–H and O–H groups in total. The van der Waals surface area contributed by atoms with Crippen molar-refractivity contribution in [3.63, 3.8) is 0 Å². The van der Waals surface area contributed by atoms with E-state index < -0.39 is 30.5 Å². The lowest BCUT2D eigenvalue weighted by Gasteiger charge is -2.17. The van der Waals surface area contributed by atoms with E-state index in [1.807, 2.05) is 11.4 Å². The van der Waals surface area contributed by atoms with Crippen molar-refractivity contribution in [3.8, 4) is 10.7 Å². The number of alkyl halides is 3. The quantitative estimate of drug-likeness (QED) is 0.874. The molecular formula is C13H13ClF3N3O3S. The van der Waals surface area contributed by atoms with Gasteiger partial charge in [-0.3, -0.25) is 9.69 Å². The average molecular weight is 384 g/mol. The minimum atomic E-state index is -4.55. The van der Waals surface area contributed by atoms with Crippen molar-refractivity contribution in [1.82, 2.24) is 15.0 Å². The molecule has 0 bridgehead atoms. The standard InChI is InChI=1S/C13H12F3N3O3S.ClH/c14-13(15,16)8-5-19(4-7(8)12(20)21)6-10-17-11(18-22-10)9-2-1-3-23-9;/h1-3,7-8H,4-6H2,(H,20,21);1H/t7-,8-;/m1./s1. The van der Waals surface area contributed by atoms with Crippen LogP contribution in [0, 0.1) is 11.8 Å². The molecule has 6 nitrogen and oxygen atoms in total. The van der Waals surface area contributed by atoms with Crippen LogP contribution in [-0.4, -0.2) is 45.4 Å². The first-order valence-electron chi connectivity index (χ1n) is 6.73. The van der Waals surface area contributed by atoms with Gasteiger partial charge in [-0.25, -0.2) is 0 Å². The molecule has 1 aliphatic rings. The van der Waals surface area contributed by atoms with Crippen molar-refractivity contribution < 1.29 is 27.6 Å². The summed E-state index contributed by atoms with van der Waals surface area (Å²) >= 11 is 1.42. The van der Waals surface area contributed by atoms with E-state index in [4.69, 9.17) is 9.63 Å². The van der Waals surface area contributed by atoms with Gasteiger partial charge in [-0.15, -0.1) is 23.7 Å². The van der Waals surface area contributed by atoms with Gasteiger partial charge >= 0.3 is 12.1 Å². The Hall–Kier alpha value is -1.65. The molecule has 0 aliphatic carbocycles. The largest absolute Gasteiger partial charge is 0.481 e. The third-order valence-corrected chi connectivity index (χ3v) is 4.57. The zero-order chi connectivity index (χ0) is 16.6. The minimum Gasteiger partial charge on any atom is -0.481 e. The van der Waals surface area contributed by atoms with Gasteiger partial charge in [0, 0.05) is 13.1 Å². The molecule has 0 spiro atoms. The van der Waals surface area contributed by atoms with E-state index in [0.29, 0.717) is 5.82 Å². The molecule has 132 valence electrons. The Balaban J connectivity index is 0.00000208. The summed E-state index contributed by atoms with van der Waals surface area (Å²) in [5.74, 6) is -4.27. The summed E-state index contributed by atoms with van der Waals surface area (Å²) in [6.45, 7) is -0.595. The molecule has 1 aliphatic heterocycles. The highest BCUT2D eigenvalue weighted by molar-refractivity contribution is 7.13. The molecule has 2 aromatic heterocycles. The molecule has 11 heteroatoms. The second kappa shape index (κ2) is 7.08. The number of hydrogen-bond acceptors (Lipinski definition) is 6. The maximum atomic E-state index is 12.9. The molecule has 0 aromatic carbocycles. The third kappa shape index (κ3) is 3.87. The Morgan fingerprint density at radius 2 is 2.21 bits per heavy atom. The van der Waals surface area contributed by atoms with Crippen LogP contribution in [0.3, 0.4) is 0 Å². The number of aliphatic carboxylic acids is 1. The number of carbonyl (C=O) groups is 1. The lowest BCUT2D eigenvalue weighted by Crippen LogP contribution is -2.33. The predicted octanol–water partition coefficient (Wildman–Crippen LogP) is 2.91. The number of aromatic nitrogens is 2. The summed E-state index contributed by atoms with van der Waals surface area (Å²) < 4.78 is 43.8. The molecule has 2 aromatic rings. The van der Waals surface area contributed by atoms with Gasteiger partial charge in [-0.05, 0) is 11.4 Å². The maximum Gasteiger partial charge on any atom is 0.393 e. The summed E-state index contributed by atoms with van der Waals surface area (Å²) in [4.78, 5) is 17.3. The van der Waals surface area contributed by atoms with Crippen molar-refractivity contribution in [2.75, 3.05) is 13.1 Å². The Labute approximate surface area is 144 Å². The summed E-state index contributed by atoms with van der Waals surface area (Å²) in [6, 6.07) is 3.62. The Morgan fingerprint density at radius 3 is 2.75 bits per heavy atom. The Kier molecular flexibility index (Phi) is 5.51. The number of hydrogen-bond donors (Lipinski definition) is 1. The molecule has 0 unspecified atom stereocenters. The highest BCUT2D eigenvalue weighted by Gasteiger charge is 2.52. The van der Waals surface area contributed by atoms with Crippen molar-refractivity contribution in [2.24, 2.45) is 11.8 Å². The molecule has 0 radical (unpaired) electrons. The van der Waals surface area contributed by atoms with Gasteiger partial charge in [0.15, 0.2) is 0 Å². The van der Waals surface area contributed by atoms with E-state index in [1.54, 1.807) is 6.07 Å². The second-order valence-corrected chi connectivity index (χ2v) is 6.22. The molecule has 3 rings (SSSR count). The smallest absolute Gasteiger partial charge is 0.393 e. The minimum absolute atomic E-state index is 0. The predicted molar refractivity (Wildman–Crippen MR) is 80.8 cm³/mol. The first-order chi connectivity index (χ1) is 10.8. The van der Waals surface area contributed by atoms with Crippen LogP contribution in [0.4, 0.5) is 13.2 Å². The topological polar surface area (TPSA) is 79.5 Å². The Morgan fingerprint density at radius 1 is 1.46 bits per heavy atom. The summed E-state index contributed by atoms with van der Waals surface area (Å²) in [6.07, 6.45) is -4.55. The van der Waals surface area contributed by atoms with Gasteiger partial charge < -0.3 is 9.63 Å². The van der Waals surface area contributed by atoms with Crippen molar-refractivity contribution >= 4 is 29.7 Å². The molecule has 3 heterocycles. The maximum absolute atomic E-state index is 12.9. The van der Waals surface area contributed by atoms with Crippen LogP contribution >= 0.6 is 23.7 Å². The monoisotopic (exact) mass is 383 g/mol. The van der Waals surface area contributed by atoms with Crippen LogP contribution in [0.1, 0.15) is 5.89 Å². The number of carboxylic acid groups (broad SMARTS) is 1. The number of carboxylic acids is 1. The van der Waals surface area contributed by atoms with Crippen molar-refractivity contribution in [2.45, 2.75) is 12.7 Å². The fraction of sp³-hybridized carbons (Fsp3) is 0.462. The van der Waals surface area contributed by atoms with E-state index in [0.717, 1.165) is 4.88 Å². The van der Waals surface area contributed by atoms with Gasteiger partial charge in [0.1, 0.15) is 0 Å². The summed E-state index contributed by atoms with van der Waals surface area (Å²) in [7, 11) is 0. The fourth-order valence-corrected chi connectivity index (χ4v) is 3.26. The van der Waals surface area contributed by atoms with Gasteiger partial charge in [-0.1, -0.05) is 11.2 Å². The molecule has 24 heavy (non-hydrogen) atoms. The lowest BCUT2D eigenvalue weighted by atomic mass is 9.96. The van der Waals surface area contributed by atoms with Gasteiger partial charge in [0.25, 0.3) is 0 Å². The normalized spacial score (nSPS) is 21.6. The molecule has 1 fully saturated rings. The Bertz CT molecular complexity index is 692. The number of thiophene rings is 1. The van der Waals surface area contributed by atoms with E-state index >= 15 is 0 Å². The molecular weight excluding hydrogens is 371 g/mol. The molecule has 1 saturated heterocycles. The molecule has 0 saturated carbocycles. The van der Waals surface area contributed by atoms with Crippen molar-refractivity contribution in [1.29, 1.82) is 0 Å². The third-order valence-electron chi connectivity index (χ3n) is 3.70. The molecule has 2 atom stereocenters. The van der Waals surface area contributed by atoms with Crippen LogP contribution in [-0.2, 0) is 11.3 Å². The molecule has 0 amide bonds. The number of likely N-dealkylation sites (tertiary alicyclic amines) is 1. The van der Waals surface area contributed by atoms with E-state index in [-0.39, 0.29) is 31.4 Å². The first kappa shape index (κ1) is 18.7. The highest BCUT2D eigenvalue weighted by atomic mass is 35.5. The van der Waals surface area contributed by atoms with Crippen molar-refractivity contribution in [3.05, 3.63) is 23.4 Å². The van der Waals surface area contributed by atoms with E-state index in [2.05, 4.69) is 10.1 Å². The van der Waals surface area contributed by atoms with E-state index in [1.165, 1.54) is 16.2 Å². The number of rotatable bonds is 4. The summed E-state index contributed by atoms with van der Waals surface area (Å²) in [5.41, 5.74) is 0. The zero-order valence-electron chi connectivity index (χ0n) is 12.1. The van der Waals surface area contributed by atoms with Crippen LogP contribution in [0.2, 0.25) is 0 Å². The van der Waals surface area contributed by atoms with E-state index in [9.17, 15) is 18.0 Å². The highest BCUT2D eigenvalue weighted by Crippen LogP contribution is 2.38. The van der Waals surface area contributed by atoms with Crippen LogP contribution in [0.25, 0.3) is 10.7 Å².